The van der Waals surface area contributed by atoms with Gasteiger partial charge in [-0.3, -0.25) is 0 Å². The lowest BCUT2D eigenvalue weighted by Crippen LogP contribution is -2.12. The van der Waals surface area contributed by atoms with E-state index in [0.29, 0.717) is 0 Å². The zero-order valence-electron chi connectivity index (χ0n) is 34.3. The fourth-order valence-corrected chi connectivity index (χ4v) is 10.6. The quantitative estimate of drug-likeness (QED) is 0.152. The van der Waals surface area contributed by atoms with Crippen LogP contribution >= 0.6 is 11.3 Å². The predicted molar refractivity (Wildman–Crippen MR) is 268 cm³/mol. The van der Waals surface area contributed by atoms with Crippen molar-refractivity contribution in [2.75, 3.05) is 4.90 Å². The molecule has 0 amide bonds. The van der Waals surface area contributed by atoms with Crippen LogP contribution in [0.4, 0.5) is 17.1 Å². The van der Waals surface area contributed by atoms with Crippen LogP contribution in [-0.4, -0.2) is 0 Å². The van der Waals surface area contributed by atoms with Crippen LogP contribution in [0.3, 0.4) is 0 Å². The number of nitrogens with zero attached hydrogens (tertiary/aromatic N) is 1. The Bertz CT molecular complexity index is 3620. The molecule has 10 aromatic carbocycles. The van der Waals surface area contributed by atoms with Crippen LogP contribution in [0.5, 0.6) is 0 Å². The van der Waals surface area contributed by atoms with E-state index in [1.54, 1.807) is 0 Å². The first-order chi connectivity index (χ1) is 31.2. The Morgan fingerprint density at radius 3 is 1.73 bits per heavy atom. The average Bonchev–Trinajstić information content (AvgIpc) is 3.93. The third kappa shape index (κ3) is 6.50. The van der Waals surface area contributed by atoms with Crippen LogP contribution in [0.2, 0.25) is 0 Å². The number of anilines is 3. The molecule has 0 spiro atoms. The van der Waals surface area contributed by atoms with Gasteiger partial charge in [-0.2, -0.15) is 0 Å². The SMILES string of the molecule is c1ccc(-c2ccccc2-c2c(-c3ccccc3)cccc2N(c2ccc(-c3ccc4c(c3)oc3ccccc34)cc2)c2cccc(-c3cccc4c3sc3ccccc34)c2)cc1. The fourth-order valence-electron chi connectivity index (χ4n) is 9.36. The summed E-state index contributed by atoms with van der Waals surface area (Å²) in [5, 5.41) is 4.86. The largest absolute Gasteiger partial charge is 0.456 e. The monoisotopic (exact) mass is 821 g/mol. The first-order valence-electron chi connectivity index (χ1n) is 21.4. The van der Waals surface area contributed by atoms with Gasteiger partial charge in [0.25, 0.3) is 0 Å². The summed E-state index contributed by atoms with van der Waals surface area (Å²) in [6.07, 6.45) is 0. The third-order valence-electron chi connectivity index (χ3n) is 12.3. The first-order valence-corrected chi connectivity index (χ1v) is 22.2. The molecule has 0 saturated heterocycles. The van der Waals surface area contributed by atoms with Crippen molar-refractivity contribution < 1.29 is 4.42 Å². The number of hydrogen-bond donors (Lipinski definition) is 0. The molecule has 2 aromatic heterocycles. The molecule has 3 heteroatoms. The topological polar surface area (TPSA) is 16.4 Å². The molecule has 0 unspecified atom stereocenters. The van der Waals surface area contributed by atoms with E-state index in [9.17, 15) is 0 Å². The van der Waals surface area contributed by atoms with E-state index < -0.39 is 0 Å². The van der Waals surface area contributed by atoms with Crippen LogP contribution < -0.4 is 4.90 Å². The molecule has 0 fully saturated rings. The van der Waals surface area contributed by atoms with Crippen molar-refractivity contribution in [2.45, 2.75) is 0 Å². The standard InChI is InChI=1S/C60H39NOS/c1-3-16-41(17-4-1)47-22-7-8-25-53(47)59-48(42-18-5-2-6-19-42)26-15-29-55(59)61(45-35-32-40(33-36-45)43-34-37-51-50-23-9-11-30-56(50)62-57(51)39-43)46-21-13-20-44(38-46)49-27-14-28-54-52-24-10-12-31-58(52)63-60(49)54/h1-39H. The summed E-state index contributed by atoms with van der Waals surface area (Å²) in [6.45, 7) is 0. The van der Waals surface area contributed by atoms with Gasteiger partial charge in [-0.1, -0.05) is 182 Å². The maximum Gasteiger partial charge on any atom is 0.136 e. The summed E-state index contributed by atoms with van der Waals surface area (Å²) >= 11 is 1.87. The molecule has 296 valence electrons. The zero-order chi connectivity index (χ0) is 41.7. The molecule has 0 radical (unpaired) electrons. The highest BCUT2D eigenvalue weighted by Crippen LogP contribution is 2.49. The second kappa shape index (κ2) is 15.5. The van der Waals surface area contributed by atoms with Crippen LogP contribution in [0, 0.1) is 0 Å². The van der Waals surface area contributed by atoms with Crippen LogP contribution in [0.25, 0.3) is 97.7 Å². The minimum atomic E-state index is 0.893. The molecule has 0 aliphatic rings. The number of thiophene rings is 1. The average molecular weight is 822 g/mol. The smallest absolute Gasteiger partial charge is 0.136 e. The molecule has 0 aliphatic heterocycles. The van der Waals surface area contributed by atoms with Gasteiger partial charge in [0.05, 0.1) is 5.69 Å². The van der Waals surface area contributed by atoms with E-state index in [0.717, 1.165) is 50.1 Å². The molecule has 0 saturated carbocycles. The van der Waals surface area contributed by atoms with Gasteiger partial charge in [-0.05, 0) is 105 Å². The van der Waals surface area contributed by atoms with Gasteiger partial charge in [0.2, 0.25) is 0 Å². The zero-order valence-corrected chi connectivity index (χ0v) is 35.1. The predicted octanol–water partition coefficient (Wildman–Crippen LogP) is 17.8. The van der Waals surface area contributed by atoms with Crippen molar-refractivity contribution in [1.29, 1.82) is 0 Å². The van der Waals surface area contributed by atoms with Crippen molar-refractivity contribution in [3.63, 3.8) is 0 Å². The van der Waals surface area contributed by atoms with Gasteiger partial charge in [0, 0.05) is 47.9 Å². The molecule has 63 heavy (non-hydrogen) atoms. The summed E-state index contributed by atoms with van der Waals surface area (Å²) in [4.78, 5) is 2.45. The Balaban J connectivity index is 1.08. The Kier molecular flexibility index (Phi) is 9.06. The highest BCUT2D eigenvalue weighted by Gasteiger charge is 2.23. The van der Waals surface area contributed by atoms with E-state index in [-0.39, 0.29) is 0 Å². The fraction of sp³-hybridized carbons (Fsp3) is 0. The maximum absolute atomic E-state index is 6.32. The Morgan fingerprint density at radius 2 is 0.905 bits per heavy atom. The lowest BCUT2D eigenvalue weighted by Gasteiger charge is -2.30. The van der Waals surface area contributed by atoms with E-state index in [1.807, 2.05) is 23.5 Å². The second-order valence-corrected chi connectivity index (χ2v) is 17.1. The number of furan rings is 1. The number of fused-ring (bicyclic) bond motifs is 6. The van der Waals surface area contributed by atoms with Crippen LogP contribution in [0.1, 0.15) is 0 Å². The van der Waals surface area contributed by atoms with Crippen molar-refractivity contribution in [3.05, 3.63) is 237 Å². The third-order valence-corrected chi connectivity index (χ3v) is 13.5. The number of benzene rings is 10. The van der Waals surface area contributed by atoms with Crippen molar-refractivity contribution in [3.8, 4) is 55.6 Å². The molecule has 2 heterocycles. The number of para-hydroxylation sites is 1. The first kappa shape index (κ1) is 36.8. The van der Waals surface area contributed by atoms with Gasteiger partial charge >= 0.3 is 0 Å². The lowest BCUT2D eigenvalue weighted by atomic mass is 9.87. The van der Waals surface area contributed by atoms with Gasteiger partial charge in [-0.15, -0.1) is 11.3 Å². The summed E-state index contributed by atoms with van der Waals surface area (Å²) < 4.78 is 8.93. The van der Waals surface area contributed by atoms with Gasteiger partial charge in [0.1, 0.15) is 11.2 Å². The van der Waals surface area contributed by atoms with Crippen LogP contribution in [0.15, 0.2) is 241 Å². The normalized spacial score (nSPS) is 11.5. The lowest BCUT2D eigenvalue weighted by molar-refractivity contribution is 0.669. The summed E-state index contributed by atoms with van der Waals surface area (Å²) in [6, 6.07) is 85.5. The van der Waals surface area contributed by atoms with Gasteiger partial charge in [-0.25, -0.2) is 0 Å². The molecule has 12 rings (SSSR count). The van der Waals surface area contributed by atoms with Crippen molar-refractivity contribution >= 4 is 70.5 Å². The van der Waals surface area contributed by atoms with Crippen LogP contribution in [-0.2, 0) is 0 Å². The highest BCUT2D eigenvalue weighted by molar-refractivity contribution is 7.26. The molecular weight excluding hydrogens is 783 g/mol. The number of hydrogen-bond acceptors (Lipinski definition) is 3. The van der Waals surface area contributed by atoms with Gasteiger partial charge in [0.15, 0.2) is 0 Å². The summed E-state index contributed by atoms with van der Waals surface area (Å²) in [5.41, 5.74) is 16.7. The molecular formula is C60H39NOS. The molecule has 2 nitrogen and oxygen atoms in total. The minimum Gasteiger partial charge on any atom is -0.456 e. The molecule has 0 aliphatic carbocycles. The Morgan fingerprint density at radius 1 is 0.317 bits per heavy atom. The maximum atomic E-state index is 6.32. The van der Waals surface area contributed by atoms with E-state index in [4.69, 9.17) is 4.42 Å². The molecule has 0 N–H and O–H groups in total. The second-order valence-electron chi connectivity index (χ2n) is 16.0. The Hall–Kier alpha value is -7.98. The molecule has 0 bridgehead atoms. The summed E-state index contributed by atoms with van der Waals surface area (Å²) in [7, 11) is 0. The summed E-state index contributed by atoms with van der Waals surface area (Å²) in [5.74, 6) is 0. The van der Waals surface area contributed by atoms with Gasteiger partial charge < -0.3 is 9.32 Å². The van der Waals surface area contributed by atoms with E-state index in [2.05, 4.69) is 229 Å². The Labute approximate surface area is 370 Å². The van der Waals surface area contributed by atoms with E-state index in [1.165, 1.54) is 64.7 Å². The van der Waals surface area contributed by atoms with Crippen molar-refractivity contribution in [2.24, 2.45) is 0 Å². The molecule has 0 atom stereocenters. The minimum absolute atomic E-state index is 0.893. The highest BCUT2D eigenvalue weighted by atomic mass is 32.1. The number of rotatable bonds is 8. The van der Waals surface area contributed by atoms with E-state index >= 15 is 0 Å². The van der Waals surface area contributed by atoms with Crippen molar-refractivity contribution in [1.82, 2.24) is 0 Å². The molecule has 12 aromatic rings.